The predicted molar refractivity (Wildman–Crippen MR) is 87.4 cm³/mol. The maximum Gasteiger partial charge on any atom is 0.406 e. The maximum absolute atomic E-state index is 13.0. The van der Waals surface area contributed by atoms with Gasteiger partial charge in [-0.2, -0.15) is 13.2 Å². The summed E-state index contributed by atoms with van der Waals surface area (Å²) in [5, 5.41) is 0. The second-order valence-corrected chi connectivity index (χ2v) is 6.24. The second kappa shape index (κ2) is 8.33. The van der Waals surface area contributed by atoms with Crippen LogP contribution in [0, 0.1) is 11.7 Å². The van der Waals surface area contributed by atoms with Crippen LogP contribution in [0.1, 0.15) is 18.4 Å². The lowest BCUT2D eigenvalue weighted by molar-refractivity contribution is -0.166. The lowest BCUT2D eigenvalue weighted by Gasteiger charge is -2.34. The van der Waals surface area contributed by atoms with Crippen LogP contribution in [0.3, 0.4) is 0 Å². The number of hydrogen-bond acceptors (Lipinski definition) is 2. The Balaban J connectivity index is 2.07. The summed E-state index contributed by atoms with van der Waals surface area (Å²) in [6.45, 7) is 2.39. The van der Waals surface area contributed by atoms with Crippen molar-refractivity contribution in [2.45, 2.75) is 25.6 Å². The summed E-state index contributed by atoms with van der Waals surface area (Å²) in [6, 6.07) is 5.00. The van der Waals surface area contributed by atoms with Crippen LogP contribution in [-0.2, 0) is 16.1 Å². The molecule has 8 heteroatoms. The van der Waals surface area contributed by atoms with Gasteiger partial charge in [0.05, 0.1) is 0 Å². The molecule has 0 saturated carbocycles. The first-order valence-electron chi connectivity index (χ1n) is 8.21. The van der Waals surface area contributed by atoms with E-state index >= 15 is 0 Å². The van der Waals surface area contributed by atoms with E-state index in [2.05, 4.69) is 6.58 Å². The van der Waals surface area contributed by atoms with Gasteiger partial charge < -0.3 is 9.80 Å². The van der Waals surface area contributed by atoms with Gasteiger partial charge in [0.2, 0.25) is 11.8 Å². The van der Waals surface area contributed by atoms with Crippen LogP contribution in [0.4, 0.5) is 17.6 Å². The molecule has 0 aromatic heterocycles. The molecule has 1 aromatic rings. The van der Waals surface area contributed by atoms with Gasteiger partial charge in [-0.15, -0.1) is 0 Å². The van der Waals surface area contributed by atoms with Gasteiger partial charge >= 0.3 is 6.18 Å². The van der Waals surface area contributed by atoms with E-state index in [1.54, 1.807) is 0 Å². The molecular weight excluding hydrogens is 352 g/mol. The molecule has 0 unspecified atom stereocenters. The molecule has 1 aliphatic heterocycles. The van der Waals surface area contributed by atoms with Gasteiger partial charge in [-0.05, 0) is 36.6 Å². The van der Waals surface area contributed by atoms with Crippen molar-refractivity contribution in [1.29, 1.82) is 0 Å². The fraction of sp³-hybridized carbons (Fsp3) is 0.444. The molecule has 2 rings (SSSR count). The zero-order valence-corrected chi connectivity index (χ0v) is 14.1. The molecule has 0 spiro atoms. The van der Waals surface area contributed by atoms with E-state index in [1.807, 2.05) is 0 Å². The third-order valence-electron chi connectivity index (χ3n) is 4.30. The first-order chi connectivity index (χ1) is 12.2. The first kappa shape index (κ1) is 19.9. The van der Waals surface area contributed by atoms with E-state index in [1.165, 1.54) is 23.1 Å². The molecular formula is C18H20F4N2O2. The van der Waals surface area contributed by atoms with Crippen molar-refractivity contribution in [2.24, 2.45) is 5.92 Å². The van der Waals surface area contributed by atoms with E-state index in [4.69, 9.17) is 0 Å². The van der Waals surface area contributed by atoms with Gasteiger partial charge in [-0.1, -0.05) is 18.7 Å². The normalized spacial score (nSPS) is 15.6. The number of nitrogens with zero attached hydrogens (tertiary/aromatic N) is 2. The number of halogens is 4. The van der Waals surface area contributed by atoms with Gasteiger partial charge in [-0.3, -0.25) is 9.59 Å². The molecule has 26 heavy (non-hydrogen) atoms. The number of alkyl halides is 3. The molecule has 0 aliphatic carbocycles. The number of benzene rings is 1. The minimum atomic E-state index is -4.53. The van der Waals surface area contributed by atoms with Gasteiger partial charge in [0.15, 0.2) is 0 Å². The van der Waals surface area contributed by atoms with E-state index in [0.29, 0.717) is 31.5 Å². The fourth-order valence-electron chi connectivity index (χ4n) is 2.97. The molecule has 2 amide bonds. The summed E-state index contributed by atoms with van der Waals surface area (Å²) in [5.74, 6) is -1.93. The van der Waals surface area contributed by atoms with Crippen LogP contribution in [-0.4, -0.2) is 47.4 Å². The molecule has 0 atom stereocenters. The lowest BCUT2D eigenvalue weighted by atomic mass is 9.95. The first-order valence-corrected chi connectivity index (χ1v) is 8.21. The Labute approximate surface area is 149 Å². The molecule has 4 nitrogen and oxygen atoms in total. The standard InChI is InChI=1S/C18H20F4N2O2/c1-2-16(25)23-9-7-14(8-10-23)17(26)24(12-18(20,21)22)11-13-3-5-15(19)6-4-13/h2-6,14H,1,7-12H2. The Kier molecular flexibility index (Phi) is 6.39. The largest absolute Gasteiger partial charge is 0.406 e. The van der Waals surface area contributed by atoms with E-state index < -0.39 is 30.4 Å². The van der Waals surface area contributed by atoms with Gasteiger partial charge in [-0.25, -0.2) is 4.39 Å². The summed E-state index contributed by atoms with van der Waals surface area (Å²) in [7, 11) is 0. The monoisotopic (exact) mass is 372 g/mol. The fourth-order valence-corrected chi connectivity index (χ4v) is 2.97. The minimum absolute atomic E-state index is 0.246. The van der Waals surface area contributed by atoms with Crippen molar-refractivity contribution < 1.29 is 27.2 Å². The number of carbonyl (C=O) groups is 2. The third kappa shape index (κ3) is 5.57. The highest BCUT2D eigenvalue weighted by atomic mass is 19.4. The quantitative estimate of drug-likeness (QED) is 0.589. The van der Waals surface area contributed by atoms with Crippen molar-refractivity contribution in [1.82, 2.24) is 9.80 Å². The Morgan fingerprint density at radius 3 is 2.27 bits per heavy atom. The van der Waals surface area contributed by atoms with E-state index in [-0.39, 0.29) is 12.5 Å². The summed E-state index contributed by atoms with van der Waals surface area (Å²) < 4.78 is 51.7. The highest BCUT2D eigenvalue weighted by Gasteiger charge is 2.36. The smallest absolute Gasteiger partial charge is 0.339 e. The van der Waals surface area contributed by atoms with E-state index in [9.17, 15) is 27.2 Å². The van der Waals surface area contributed by atoms with Crippen LogP contribution >= 0.6 is 0 Å². The Morgan fingerprint density at radius 1 is 1.19 bits per heavy atom. The van der Waals surface area contributed by atoms with Gasteiger partial charge in [0, 0.05) is 25.6 Å². The number of rotatable bonds is 5. The average molecular weight is 372 g/mol. The van der Waals surface area contributed by atoms with Crippen molar-refractivity contribution in [3.63, 3.8) is 0 Å². The van der Waals surface area contributed by atoms with E-state index in [0.717, 1.165) is 17.0 Å². The number of likely N-dealkylation sites (tertiary alicyclic amines) is 1. The van der Waals surface area contributed by atoms with Crippen molar-refractivity contribution in [3.8, 4) is 0 Å². The Hall–Kier alpha value is -2.38. The molecule has 0 radical (unpaired) electrons. The average Bonchev–Trinajstić information content (AvgIpc) is 2.60. The third-order valence-corrected chi connectivity index (χ3v) is 4.30. The molecule has 142 valence electrons. The van der Waals surface area contributed by atoms with Crippen molar-refractivity contribution in [3.05, 3.63) is 48.3 Å². The second-order valence-electron chi connectivity index (χ2n) is 6.24. The number of piperidine rings is 1. The molecule has 0 N–H and O–H groups in total. The highest BCUT2D eigenvalue weighted by Crippen LogP contribution is 2.24. The molecule has 1 aliphatic rings. The number of hydrogen-bond donors (Lipinski definition) is 0. The zero-order chi connectivity index (χ0) is 19.3. The summed E-state index contributed by atoms with van der Waals surface area (Å²) in [5.41, 5.74) is 0.420. The summed E-state index contributed by atoms with van der Waals surface area (Å²) >= 11 is 0. The van der Waals surface area contributed by atoms with Crippen molar-refractivity contribution >= 4 is 11.8 Å². The van der Waals surface area contributed by atoms with Crippen LogP contribution in [0.15, 0.2) is 36.9 Å². The highest BCUT2D eigenvalue weighted by molar-refractivity contribution is 5.87. The molecule has 0 bridgehead atoms. The molecule has 1 heterocycles. The van der Waals surface area contributed by atoms with Crippen molar-refractivity contribution in [2.75, 3.05) is 19.6 Å². The topological polar surface area (TPSA) is 40.6 Å². The molecule has 1 fully saturated rings. The summed E-state index contributed by atoms with van der Waals surface area (Å²) in [6.07, 6.45) is -2.76. The zero-order valence-electron chi connectivity index (χ0n) is 14.1. The lowest BCUT2D eigenvalue weighted by Crippen LogP contribution is -2.46. The Bertz CT molecular complexity index is 650. The minimum Gasteiger partial charge on any atom is -0.339 e. The number of carbonyl (C=O) groups excluding carboxylic acids is 2. The van der Waals surface area contributed by atoms with Crippen LogP contribution in [0.2, 0.25) is 0 Å². The van der Waals surface area contributed by atoms with Crippen LogP contribution in [0.5, 0.6) is 0 Å². The van der Waals surface area contributed by atoms with Crippen LogP contribution in [0.25, 0.3) is 0 Å². The van der Waals surface area contributed by atoms with Crippen LogP contribution < -0.4 is 0 Å². The maximum atomic E-state index is 13.0. The SMILES string of the molecule is C=CC(=O)N1CCC(C(=O)N(Cc2ccc(F)cc2)CC(F)(F)F)CC1. The summed E-state index contributed by atoms with van der Waals surface area (Å²) in [4.78, 5) is 26.5. The molecule has 1 saturated heterocycles. The predicted octanol–water partition coefficient (Wildman–Crippen LogP) is 3.14. The molecule has 1 aromatic carbocycles. The Morgan fingerprint density at radius 2 is 1.77 bits per heavy atom. The van der Waals surface area contributed by atoms with Gasteiger partial charge in [0.25, 0.3) is 0 Å². The van der Waals surface area contributed by atoms with Gasteiger partial charge in [0.1, 0.15) is 12.4 Å². The number of amides is 2.